The van der Waals surface area contributed by atoms with Crippen molar-refractivity contribution in [2.24, 2.45) is 0 Å². The number of hydrogen-bond acceptors (Lipinski definition) is 3. The maximum Gasteiger partial charge on any atom is 0.258 e. The molecule has 5 heteroatoms. The molecular weight excluding hydrogens is 277 g/mol. The molecule has 106 valence electrons. The molecule has 20 heavy (non-hydrogen) atoms. The molecule has 0 fully saturated rings. The van der Waals surface area contributed by atoms with Crippen LogP contribution in [0.15, 0.2) is 24.3 Å². The minimum absolute atomic E-state index is 0.244. The van der Waals surface area contributed by atoms with Gasteiger partial charge in [0, 0.05) is 9.75 Å². The van der Waals surface area contributed by atoms with Crippen LogP contribution in [0.25, 0.3) is 0 Å². The van der Waals surface area contributed by atoms with Crippen LogP contribution < -0.4 is 5.32 Å². The van der Waals surface area contributed by atoms with E-state index in [0.29, 0.717) is 0 Å². The topological polar surface area (TPSA) is 49.3 Å². The largest absolute Gasteiger partial charge is 0.507 e. The Morgan fingerprint density at radius 2 is 2.10 bits per heavy atom. The van der Waals surface area contributed by atoms with Crippen LogP contribution in [0.4, 0.5) is 4.39 Å². The van der Waals surface area contributed by atoms with Crippen LogP contribution >= 0.6 is 11.3 Å². The first-order chi connectivity index (χ1) is 9.40. The Bertz CT molecular complexity index is 631. The highest BCUT2D eigenvalue weighted by molar-refractivity contribution is 7.12. The Hall–Kier alpha value is -1.88. The lowest BCUT2D eigenvalue weighted by molar-refractivity contribution is 0.0933. The predicted molar refractivity (Wildman–Crippen MR) is 77.7 cm³/mol. The van der Waals surface area contributed by atoms with E-state index in [2.05, 4.69) is 5.32 Å². The van der Waals surface area contributed by atoms with Crippen molar-refractivity contribution in [1.29, 1.82) is 0 Å². The Balaban J connectivity index is 2.22. The third-order valence-corrected chi connectivity index (χ3v) is 4.09. The number of hydrogen-bond donors (Lipinski definition) is 2. The number of benzene rings is 1. The van der Waals surface area contributed by atoms with Crippen molar-refractivity contribution in [3.05, 3.63) is 51.0 Å². The standard InChI is InChI=1S/C15H16FNO2S/c1-8-7-11(10(3)20-8)9(2)17-15(19)14-12(16)5-4-6-13(14)18/h4-7,9,18H,1-3H3,(H,17,19). The van der Waals surface area contributed by atoms with Gasteiger partial charge in [-0.1, -0.05) is 6.07 Å². The summed E-state index contributed by atoms with van der Waals surface area (Å²) in [5.74, 6) is -1.70. The summed E-state index contributed by atoms with van der Waals surface area (Å²) in [6.07, 6.45) is 0. The molecule has 1 unspecified atom stereocenters. The summed E-state index contributed by atoms with van der Waals surface area (Å²) < 4.78 is 13.6. The molecule has 0 radical (unpaired) electrons. The fourth-order valence-electron chi connectivity index (χ4n) is 2.16. The van der Waals surface area contributed by atoms with Crippen LogP contribution in [-0.2, 0) is 0 Å². The predicted octanol–water partition coefficient (Wildman–Crippen LogP) is 3.70. The molecule has 2 rings (SSSR count). The normalized spacial score (nSPS) is 12.2. The van der Waals surface area contributed by atoms with E-state index in [-0.39, 0.29) is 17.4 Å². The maximum atomic E-state index is 13.6. The van der Waals surface area contributed by atoms with Crippen molar-refractivity contribution in [2.45, 2.75) is 26.8 Å². The minimum Gasteiger partial charge on any atom is -0.507 e. The molecule has 2 aromatic rings. The fourth-order valence-corrected chi connectivity index (χ4v) is 3.19. The molecule has 1 aromatic carbocycles. The first-order valence-electron chi connectivity index (χ1n) is 6.25. The SMILES string of the molecule is Cc1cc(C(C)NC(=O)c2c(O)cccc2F)c(C)s1. The molecule has 0 bridgehead atoms. The minimum atomic E-state index is -0.729. The summed E-state index contributed by atoms with van der Waals surface area (Å²) in [6.45, 7) is 5.82. The Labute approximate surface area is 121 Å². The summed E-state index contributed by atoms with van der Waals surface area (Å²) in [5, 5.41) is 12.3. The van der Waals surface area contributed by atoms with E-state index in [1.807, 2.05) is 26.8 Å². The lowest BCUT2D eigenvalue weighted by Gasteiger charge is -2.15. The molecule has 0 saturated heterocycles. The zero-order valence-corrected chi connectivity index (χ0v) is 12.3. The van der Waals surface area contributed by atoms with E-state index < -0.39 is 11.7 Å². The Kier molecular flexibility index (Phi) is 4.09. The Morgan fingerprint density at radius 1 is 1.40 bits per heavy atom. The van der Waals surface area contributed by atoms with Gasteiger partial charge in [-0.2, -0.15) is 0 Å². The van der Waals surface area contributed by atoms with E-state index in [9.17, 15) is 14.3 Å². The quantitative estimate of drug-likeness (QED) is 0.906. The average molecular weight is 293 g/mol. The van der Waals surface area contributed by atoms with Crippen molar-refractivity contribution >= 4 is 17.2 Å². The van der Waals surface area contributed by atoms with Gasteiger partial charge < -0.3 is 10.4 Å². The zero-order chi connectivity index (χ0) is 14.9. The zero-order valence-electron chi connectivity index (χ0n) is 11.5. The van der Waals surface area contributed by atoms with Crippen LogP contribution in [0.5, 0.6) is 5.75 Å². The van der Waals surface area contributed by atoms with Crippen molar-refractivity contribution in [3.63, 3.8) is 0 Å². The second-order valence-electron chi connectivity index (χ2n) is 4.70. The van der Waals surface area contributed by atoms with Gasteiger partial charge in [0.25, 0.3) is 5.91 Å². The van der Waals surface area contributed by atoms with E-state index in [1.165, 1.54) is 12.1 Å². The number of rotatable bonds is 3. The van der Waals surface area contributed by atoms with Crippen LogP contribution in [0.2, 0.25) is 0 Å². The number of amides is 1. The number of aromatic hydroxyl groups is 1. The van der Waals surface area contributed by atoms with Crippen molar-refractivity contribution in [1.82, 2.24) is 5.32 Å². The van der Waals surface area contributed by atoms with Gasteiger partial charge in [-0.3, -0.25) is 4.79 Å². The van der Waals surface area contributed by atoms with Crippen LogP contribution in [0.1, 0.15) is 38.6 Å². The highest BCUT2D eigenvalue weighted by atomic mass is 32.1. The smallest absolute Gasteiger partial charge is 0.258 e. The molecular formula is C15H16FNO2S. The molecule has 1 aromatic heterocycles. The van der Waals surface area contributed by atoms with E-state index >= 15 is 0 Å². The third kappa shape index (κ3) is 2.82. The summed E-state index contributed by atoms with van der Waals surface area (Å²) >= 11 is 1.65. The van der Waals surface area contributed by atoms with Crippen LogP contribution in [0, 0.1) is 19.7 Å². The summed E-state index contributed by atoms with van der Waals surface area (Å²) in [6, 6.07) is 5.57. The lowest BCUT2D eigenvalue weighted by Crippen LogP contribution is -2.27. The highest BCUT2D eigenvalue weighted by Crippen LogP contribution is 2.27. The van der Waals surface area contributed by atoms with E-state index in [4.69, 9.17) is 0 Å². The molecule has 0 aliphatic rings. The van der Waals surface area contributed by atoms with E-state index in [0.717, 1.165) is 21.4 Å². The molecule has 3 nitrogen and oxygen atoms in total. The summed E-state index contributed by atoms with van der Waals surface area (Å²) in [7, 11) is 0. The number of carbonyl (C=O) groups excluding carboxylic acids is 1. The van der Waals surface area contributed by atoms with Gasteiger partial charge in [0.05, 0.1) is 6.04 Å². The van der Waals surface area contributed by atoms with Gasteiger partial charge in [-0.15, -0.1) is 11.3 Å². The third-order valence-electron chi connectivity index (χ3n) is 3.11. The van der Waals surface area contributed by atoms with Crippen LogP contribution in [-0.4, -0.2) is 11.0 Å². The van der Waals surface area contributed by atoms with Gasteiger partial charge in [-0.05, 0) is 44.5 Å². The second kappa shape index (κ2) is 5.63. The van der Waals surface area contributed by atoms with Crippen molar-refractivity contribution in [3.8, 4) is 5.75 Å². The average Bonchev–Trinajstić information content (AvgIpc) is 2.68. The molecule has 0 saturated carbocycles. The molecule has 1 heterocycles. The van der Waals surface area contributed by atoms with Gasteiger partial charge in [0.2, 0.25) is 0 Å². The molecule has 1 amide bonds. The fraction of sp³-hybridized carbons (Fsp3) is 0.267. The van der Waals surface area contributed by atoms with E-state index in [1.54, 1.807) is 11.3 Å². The molecule has 2 N–H and O–H groups in total. The Morgan fingerprint density at radius 3 is 2.65 bits per heavy atom. The molecule has 0 aliphatic heterocycles. The second-order valence-corrected chi connectivity index (χ2v) is 6.16. The lowest BCUT2D eigenvalue weighted by atomic mass is 10.1. The number of carbonyl (C=O) groups is 1. The molecule has 0 aliphatic carbocycles. The summed E-state index contributed by atoms with van der Waals surface area (Å²) in [5.41, 5.74) is 0.695. The van der Waals surface area contributed by atoms with Gasteiger partial charge in [-0.25, -0.2) is 4.39 Å². The number of thiophene rings is 1. The van der Waals surface area contributed by atoms with Gasteiger partial charge >= 0.3 is 0 Å². The number of aryl methyl sites for hydroxylation is 2. The van der Waals surface area contributed by atoms with Gasteiger partial charge in [0.15, 0.2) is 0 Å². The van der Waals surface area contributed by atoms with Crippen molar-refractivity contribution < 1.29 is 14.3 Å². The molecule has 1 atom stereocenters. The van der Waals surface area contributed by atoms with Crippen molar-refractivity contribution in [2.75, 3.05) is 0 Å². The first kappa shape index (κ1) is 14.5. The first-order valence-corrected chi connectivity index (χ1v) is 7.07. The molecule has 0 spiro atoms. The van der Waals surface area contributed by atoms with Crippen LogP contribution in [0.3, 0.4) is 0 Å². The highest BCUT2D eigenvalue weighted by Gasteiger charge is 2.20. The summed E-state index contributed by atoms with van der Waals surface area (Å²) in [4.78, 5) is 14.4. The number of phenols is 1. The van der Waals surface area contributed by atoms with Gasteiger partial charge in [0.1, 0.15) is 17.1 Å². The number of phenolic OH excluding ortho intramolecular Hbond substituents is 1. The monoisotopic (exact) mass is 293 g/mol. The number of halogens is 1. The maximum absolute atomic E-state index is 13.6. The number of nitrogens with one attached hydrogen (secondary N) is 1.